The summed E-state index contributed by atoms with van der Waals surface area (Å²) in [4.78, 5) is 7.08. The summed E-state index contributed by atoms with van der Waals surface area (Å²) >= 11 is 0. The number of rotatable bonds is 4. The molecule has 5 heteroatoms. The zero-order valence-corrected chi connectivity index (χ0v) is 11.9. The Hall–Kier alpha value is -1.59. The summed E-state index contributed by atoms with van der Waals surface area (Å²) in [6.07, 6.45) is 3.57. The lowest BCUT2D eigenvalue weighted by molar-refractivity contribution is 0.145. The van der Waals surface area contributed by atoms with E-state index in [1.807, 2.05) is 18.2 Å². The highest BCUT2D eigenvalue weighted by molar-refractivity contribution is 5.56. The Kier molecular flexibility index (Phi) is 3.89. The van der Waals surface area contributed by atoms with Crippen LogP contribution in [-0.4, -0.2) is 40.2 Å². The summed E-state index contributed by atoms with van der Waals surface area (Å²) in [6, 6.07) is 6.09. The fourth-order valence-corrected chi connectivity index (χ4v) is 2.77. The molecule has 108 valence electrons. The fourth-order valence-electron chi connectivity index (χ4n) is 2.77. The van der Waals surface area contributed by atoms with E-state index in [1.54, 1.807) is 0 Å². The van der Waals surface area contributed by atoms with Gasteiger partial charge in [-0.2, -0.15) is 0 Å². The van der Waals surface area contributed by atoms with Crippen molar-refractivity contribution in [2.75, 3.05) is 24.5 Å². The molecule has 0 atom stereocenters. The van der Waals surface area contributed by atoms with Gasteiger partial charge in [-0.25, -0.2) is 4.98 Å². The van der Waals surface area contributed by atoms with Crippen molar-refractivity contribution in [1.82, 2.24) is 14.7 Å². The van der Waals surface area contributed by atoms with Crippen LogP contribution in [0.15, 0.2) is 24.4 Å². The Bertz CT molecular complexity index is 572. The Morgan fingerprint density at radius 1 is 1.35 bits per heavy atom. The number of aromatic nitrogens is 2. The van der Waals surface area contributed by atoms with Crippen molar-refractivity contribution in [1.29, 1.82) is 0 Å². The number of piperidine rings is 1. The summed E-state index contributed by atoms with van der Waals surface area (Å²) in [6.45, 7) is 5.63. The molecule has 1 saturated heterocycles. The van der Waals surface area contributed by atoms with Crippen LogP contribution >= 0.6 is 0 Å². The Morgan fingerprint density at radius 2 is 2.15 bits per heavy atom. The van der Waals surface area contributed by atoms with E-state index in [4.69, 9.17) is 4.98 Å². The maximum atomic E-state index is 9.66. The Morgan fingerprint density at radius 3 is 2.90 bits per heavy atom. The van der Waals surface area contributed by atoms with Gasteiger partial charge in [0.05, 0.1) is 11.8 Å². The summed E-state index contributed by atoms with van der Waals surface area (Å²) in [7, 11) is 0. The lowest BCUT2D eigenvalue weighted by Crippen LogP contribution is -2.36. The highest BCUT2D eigenvalue weighted by Crippen LogP contribution is 2.25. The minimum atomic E-state index is -0.152. The van der Waals surface area contributed by atoms with Gasteiger partial charge < -0.3 is 19.7 Å². The number of fused-ring (bicyclic) bond motifs is 1. The molecule has 2 aromatic heterocycles. The summed E-state index contributed by atoms with van der Waals surface area (Å²) in [5, 5.41) is 13.1. The molecule has 0 spiro atoms. The maximum Gasteiger partial charge on any atom is 0.152 e. The Balaban J connectivity index is 1.95. The van der Waals surface area contributed by atoms with Crippen LogP contribution in [0.2, 0.25) is 0 Å². The first-order chi connectivity index (χ1) is 9.79. The summed E-state index contributed by atoms with van der Waals surface area (Å²) in [5.74, 6) is 1.06. The van der Waals surface area contributed by atoms with Crippen molar-refractivity contribution in [2.45, 2.75) is 32.4 Å². The molecule has 0 aliphatic carbocycles. The Labute approximate surface area is 119 Å². The smallest absolute Gasteiger partial charge is 0.152 e. The van der Waals surface area contributed by atoms with E-state index < -0.39 is 0 Å². The molecule has 20 heavy (non-hydrogen) atoms. The van der Waals surface area contributed by atoms with Crippen LogP contribution < -0.4 is 10.2 Å². The summed E-state index contributed by atoms with van der Waals surface area (Å²) < 4.78 is 2.16. The van der Waals surface area contributed by atoms with Crippen LogP contribution in [-0.2, 0) is 6.54 Å². The molecule has 0 bridgehead atoms. The van der Waals surface area contributed by atoms with Crippen LogP contribution in [0.25, 0.3) is 5.65 Å². The molecular weight excluding hydrogens is 252 g/mol. The monoisotopic (exact) mass is 274 g/mol. The summed E-state index contributed by atoms with van der Waals surface area (Å²) in [5.41, 5.74) is 2.19. The molecule has 1 fully saturated rings. The van der Waals surface area contributed by atoms with Gasteiger partial charge in [-0.05, 0) is 31.5 Å². The number of anilines is 1. The van der Waals surface area contributed by atoms with E-state index in [0.29, 0.717) is 0 Å². The number of nitrogens with zero attached hydrogens (tertiary/aromatic N) is 3. The van der Waals surface area contributed by atoms with Crippen LogP contribution in [0.5, 0.6) is 0 Å². The number of imidazole rings is 1. The normalized spacial score (nSPS) is 17.0. The minimum absolute atomic E-state index is 0.152. The number of hydrogen-bond donors (Lipinski definition) is 2. The molecule has 0 radical (unpaired) electrons. The maximum absolute atomic E-state index is 9.66. The molecule has 0 amide bonds. The third kappa shape index (κ3) is 2.51. The van der Waals surface area contributed by atoms with Gasteiger partial charge in [-0.3, -0.25) is 0 Å². The van der Waals surface area contributed by atoms with Crippen LogP contribution in [0.4, 0.5) is 5.82 Å². The topological polar surface area (TPSA) is 52.8 Å². The van der Waals surface area contributed by atoms with Gasteiger partial charge >= 0.3 is 0 Å². The van der Waals surface area contributed by atoms with E-state index >= 15 is 0 Å². The molecular formula is C15H22N4O. The van der Waals surface area contributed by atoms with Crippen LogP contribution in [0, 0.1) is 0 Å². The van der Waals surface area contributed by atoms with Gasteiger partial charge in [0.1, 0.15) is 5.65 Å². The van der Waals surface area contributed by atoms with Gasteiger partial charge in [0.2, 0.25) is 0 Å². The lowest BCUT2D eigenvalue weighted by Gasteiger charge is -2.30. The van der Waals surface area contributed by atoms with Crippen molar-refractivity contribution in [3.05, 3.63) is 30.1 Å². The average Bonchev–Trinajstić information content (AvgIpc) is 2.84. The predicted molar refractivity (Wildman–Crippen MR) is 80.0 cm³/mol. The van der Waals surface area contributed by atoms with E-state index in [0.717, 1.165) is 50.5 Å². The lowest BCUT2D eigenvalue weighted by atomic mass is 10.1. The van der Waals surface area contributed by atoms with Gasteiger partial charge in [0, 0.05) is 25.8 Å². The van der Waals surface area contributed by atoms with Crippen LogP contribution in [0.1, 0.15) is 25.5 Å². The number of nitrogens with one attached hydrogen (secondary N) is 1. The first kappa shape index (κ1) is 13.4. The standard InChI is InChI=1S/C15H22N4O/c1-2-16-11-13-15(18-9-6-12(20)7-10-18)17-14-5-3-4-8-19(13)14/h3-5,8,12,16,20H,2,6-7,9-11H2,1H3. The molecule has 0 unspecified atom stereocenters. The SMILES string of the molecule is CCNCc1c(N2CCC(O)CC2)nc2ccccn12. The second-order valence-corrected chi connectivity index (χ2v) is 5.31. The zero-order valence-electron chi connectivity index (χ0n) is 11.9. The molecule has 1 aliphatic rings. The second kappa shape index (κ2) is 5.81. The van der Waals surface area contributed by atoms with Crippen molar-refractivity contribution < 1.29 is 5.11 Å². The van der Waals surface area contributed by atoms with Gasteiger partial charge in [-0.15, -0.1) is 0 Å². The molecule has 3 rings (SSSR count). The molecule has 2 aromatic rings. The van der Waals surface area contributed by atoms with E-state index in [9.17, 15) is 5.11 Å². The minimum Gasteiger partial charge on any atom is -0.393 e. The third-order valence-corrected chi connectivity index (χ3v) is 3.91. The molecule has 0 aromatic carbocycles. The van der Waals surface area contributed by atoms with E-state index in [1.165, 1.54) is 5.69 Å². The zero-order chi connectivity index (χ0) is 13.9. The van der Waals surface area contributed by atoms with Crippen molar-refractivity contribution in [3.8, 4) is 0 Å². The van der Waals surface area contributed by atoms with Crippen molar-refractivity contribution >= 4 is 11.5 Å². The first-order valence-corrected chi connectivity index (χ1v) is 7.39. The van der Waals surface area contributed by atoms with Gasteiger partial charge in [-0.1, -0.05) is 13.0 Å². The predicted octanol–water partition coefficient (Wildman–Crippen LogP) is 1.40. The first-order valence-electron chi connectivity index (χ1n) is 7.39. The largest absolute Gasteiger partial charge is 0.393 e. The number of hydrogen-bond acceptors (Lipinski definition) is 4. The number of aliphatic hydroxyl groups is 1. The third-order valence-electron chi connectivity index (χ3n) is 3.91. The van der Waals surface area contributed by atoms with Crippen LogP contribution in [0.3, 0.4) is 0 Å². The van der Waals surface area contributed by atoms with Crippen molar-refractivity contribution in [2.24, 2.45) is 0 Å². The molecule has 2 N–H and O–H groups in total. The highest BCUT2D eigenvalue weighted by Gasteiger charge is 2.22. The van der Waals surface area contributed by atoms with Gasteiger partial charge in [0.15, 0.2) is 5.82 Å². The number of pyridine rings is 1. The van der Waals surface area contributed by atoms with Crippen molar-refractivity contribution in [3.63, 3.8) is 0 Å². The molecule has 1 aliphatic heterocycles. The van der Waals surface area contributed by atoms with Gasteiger partial charge in [0.25, 0.3) is 0 Å². The van der Waals surface area contributed by atoms with E-state index in [-0.39, 0.29) is 6.10 Å². The molecule has 0 saturated carbocycles. The number of aliphatic hydroxyl groups excluding tert-OH is 1. The average molecular weight is 274 g/mol. The molecule has 5 nitrogen and oxygen atoms in total. The quantitative estimate of drug-likeness (QED) is 0.885. The molecule has 3 heterocycles. The second-order valence-electron chi connectivity index (χ2n) is 5.31. The van der Waals surface area contributed by atoms with E-state index in [2.05, 4.69) is 27.7 Å². The highest BCUT2D eigenvalue weighted by atomic mass is 16.3. The fraction of sp³-hybridized carbons (Fsp3) is 0.533.